The normalized spacial score (nSPS) is 14.2. The van der Waals surface area contributed by atoms with Gasteiger partial charge in [0.25, 0.3) is 0 Å². The lowest BCUT2D eigenvalue weighted by atomic mass is 9.93. The van der Waals surface area contributed by atoms with Gasteiger partial charge < -0.3 is 15.0 Å². The number of carbonyl (C=O) groups is 1. The molecule has 1 saturated heterocycles. The second-order valence-electron chi connectivity index (χ2n) is 10.1. The van der Waals surface area contributed by atoms with Gasteiger partial charge in [0.2, 0.25) is 0 Å². The van der Waals surface area contributed by atoms with E-state index >= 15 is 0 Å². The van der Waals surface area contributed by atoms with E-state index in [0.29, 0.717) is 43.3 Å². The molecule has 6 rings (SSSR count). The maximum atomic E-state index is 13.9. The summed E-state index contributed by atoms with van der Waals surface area (Å²) in [5.41, 5.74) is 1.39. The van der Waals surface area contributed by atoms with E-state index in [1.807, 2.05) is 54.6 Å². The largest absolute Gasteiger partial charge is 0.445 e. The van der Waals surface area contributed by atoms with Crippen LogP contribution in [0.5, 0.6) is 0 Å². The Balaban J connectivity index is 1.26. The summed E-state index contributed by atoms with van der Waals surface area (Å²) in [6, 6.07) is 24.0. The van der Waals surface area contributed by atoms with Gasteiger partial charge in [0.1, 0.15) is 12.4 Å². The van der Waals surface area contributed by atoms with Crippen molar-refractivity contribution in [2.45, 2.75) is 31.5 Å². The SMILES string of the molecule is O=C(OCc1ccccc1)N1CCC(c2cc(Nc3n[nH]c4ccccc34)nc(-c3ccccc3C(F)(F)F)n2)CC1. The van der Waals surface area contributed by atoms with Gasteiger partial charge in [-0.05, 0) is 36.6 Å². The van der Waals surface area contributed by atoms with Crippen molar-refractivity contribution in [1.29, 1.82) is 0 Å². The minimum Gasteiger partial charge on any atom is -0.445 e. The molecule has 1 amide bonds. The number of H-pyrrole nitrogens is 1. The first-order chi connectivity index (χ1) is 20.3. The number of likely N-dealkylation sites (tertiary alicyclic amines) is 1. The molecule has 1 aliphatic heterocycles. The van der Waals surface area contributed by atoms with Gasteiger partial charge >= 0.3 is 12.3 Å². The highest BCUT2D eigenvalue weighted by Gasteiger charge is 2.34. The predicted molar refractivity (Wildman–Crippen MR) is 152 cm³/mol. The van der Waals surface area contributed by atoms with Gasteiger partial charge in [-0.3, -0.25) is 5.10 Å². The molecule has 42 heavy (non-hydrogen) atoms. The summed E-state index contributed by atoms with van der Waals surface area (Å²) in [5, 5.41) is 11.3. The number of fused-ring (bicyclic) bond motifs is 1. The topological polar surface area (TPSA) is 96.0 Å². The molecular formula is C31H27F3N6O2. The average Bonchev–Trinajstić information content (AvgIpc) is 3.42. The van der Waals surface area contributed by atoms with Crippen molar-refractivity contribution in [2.75, 3.05) is 18.4 Å². The van der Waals surface area contributed by atoms with E-state index in [0.717, 1.165) is 22.5 Å². The number of nitrogens with zero attached hydrogens (tertiary/aromatic N) is 4. The fourth-order valence-corrected chi connectivity index (χ4v) is 5.13. The van der Waals surface area contributed by atoms with Gasteiger partial charge in [-0.1, -0.05) is 60.7 Å². The number of aromatic nitrogens is 4. The van der Waals surface area contributed by atoms with Crippen molar-refractivity contribution >= 4 is 28.6 Å². The molecule has 0 bridgehead atoms. The van der Waals surface area contributed by atoms with Gasteiger partial charge in [0.05, 0.1) is 11.1 Å². The highest BCUT2D eigenvalue weighted by Crippen LogP contribution is 2.38. The zero-order valence-corrected chi connectivity index (χ0v) is 22.4. The zero-order valence-electron chi connectivity index (χ0n) is 22.4. The fourth-order valence-electron chi connectivity index (χ4n) is 5.13. The van der Waals surface area contributed by atoms with Crippen LogP contribution in [0.4, 0.5) is 29.6 Å². The first-order valence-corrected chi connectivity index (χ1v) is 13.6. The molecule has 0 unspecified atom stereocenters. The second-order valence-corrected chi connectivity index (χ2v) is 10.1. The van der Waals surface area contributed by atoms with Crippen molar-refractivity contribution in [3.05, 3.63) is 102 Å². The van der Waals surface area contributed by atoms with Crippen LogP contribution < -0.4 is 5.32 Å². The smallest absolute Gasteiger partial charge is 0.417 e. The van der Waals surface area contributed by atoms with Crippen LogP contribution in [0.3, 0.4) is 0 Å². The maximum Gasteiger partial charge on any atom is 0.417 e. The molecule has 5 aromatic rings. The molecule has 2 aromatic heterocycles. The van der Waals surface area contributed by atoms with Crippen LogP contribution in [0.2, 0.25) is 0 Å². The third-order valence-electron chi connectivity index (χ3n) is 7.31. The van der Waals surface area contributed by atoms with E-state index in [1.54, 1.807) is 11.0 Å². The Hall–Kier alpha value is -4.93. The number of anilines is 2. The number of piperidine rings is 1. The molecular weight excluding hydrogens is 545 g/mol. The van der Waals surface area contributed by atoms with Crippen molar-refractivity contribution in [2.24, 2.45) is 0 Å². The van der Waals surface area contributed by atoms with E-state index < -0.39 is 17.8 Å². The predicted octanol–water partition coefficient (Wildman–Crippen LogP) is 7.30. The van der Waals surface area contributed by atoms with Crippen LogP contribution in [0.25, 0.3) is 22.3 Å². The number of aromatic amines is 1. The van der Waals surface area contributed by atoms with Crippen molar-refractivity contribution in [1.82, 2.24) is 25.1 Å². The van der Waals surface area contributed by atoms with Crippen LogP contribution in [-0.4, -0.2) is 44.2 Å². The number of amides is 1. The van der Waals surface area contributed by atoms with Crippen molar-refractivity contribution in [3.63, 3.8) is 0 Å². The highest BCUT2D eigenvalue weighted by molar-refractivity contribution is 5.91. The number of hydrogen-bond donors (Lipinski definition) is 2. The molecule has 8 nitrogen and oxygen atoms in total. The van der Waals surface area contributed by atoms with E-state index in [-0.39, 0.29) is 23.9 Å². The fraction of sp³-hybridized carbons (Fsp3) is 0.226. The summed E-state index contributed by atoms with van der Waals surface area (Å²) >= 11 is 0. The maximum absolute atomic E-state index is 13.9. The minimum absolute atomic E-state index is 0.0348. The quantitative estimate of drug-likeness (QED) is 0.222. The number of alkyl halides is 3. The number of hydrogen-bond acceptors (Lipinski definition) is 6. The summed E-state index contributed by atoms with van der Waals surface area (Å²) in [6.07, 6.45) is -3.83. The minimum atomic E-state index is -4.58. The summed E-state index contributed by atoms with van der Waals surface area (Å²) < 4.78 is 47.3. The van der Waals surface area contributed by atoms with Gasteiger partial charge in [0.15, 0.2) is 11.6 Å². The molecule has 2 N–H and O–H groups in total. The van der Waals surface area contributed by atoms with E-state index in [2.05, 4.69) is 25.5 Å². The van der Waals surface area contributed by atoms with E-state index in [1.165, 1.54) is 18.2 Å². The lowest BCUT2D eigenvalue weighted by molar-refractivity contribution is -0.137. The standard InChI is InChI=1S/C31H27F3N6O2/c32-31(33,34)24-12-6-4-10-22(24)28-35-26(18-27(36-28)37-29-23-11-5-7-13-25(23)38-39-29)21-14-16-40(17-15-21)30(41)42-19-20-8-2-1-3-9-20/h1-13,18,21H,14-17,19H2,(H2,35,36,37,38,39). The third-order valence-corrected chi connectivity index (χ3v) is 7.31. The molecule has 0 spiro atoms. The Labute approximate surface area is 239 Å². The molecule has 1 fully saturated rings. The molecule has 214 valence electrons. The number of nitrogens with one attached hydrogen (secondary N) is 2. The van der Waals surface area contributed by atoms with Crippen LogP contribution >= 0.6 is 0 Å². The Morgan fingerprint density at radius 2 is 1.67 bits per heavy atom. The molecule has 1 aliphatic rings. The third kappa shape index (κ3) is 5.90. The average molecular weight is 573 g/mol. The number of benzene rings is 3. The van der Waals surface area contributed by atoms with Crippen LogP contribution in [0.15, 0.2) is 84.9 Å². The van der Waals surface area contributed by atoms with Crippen LogP contribution in [0.1, 0.15) is 35.6 Å². The Kier molecular flexibility index (Phi) is 7.47. The number of ether oxygens (including phenoxy) is 1. The first kappa shape index (κ1) is 27.3. The lowest BCUT2D eigenvalue weighted by Crippen LogP contribution is -2.38. The summed E-state index contributed by atoms with van der Waals surface area (Å²) in [4.78, 5) is 23.4. The van der Waals surface area contributed by atoms with Crippen molar-refractivity contribution < 1.29 is 22.7 Å². The van der Waals surface area contributed by atoms with Gasteiger partial charge in [-0.25, -0.2) is 14.8 Å². The summed E-state index contributed by atoms with van der Waals surface area (Å²) in [5.74, 6) is 0.696. The Morgan fingerprint density at radius 1 is 0.952 bits per heavy atom. The van der Waals surface area contributed by atoms with Crippen molar-refractivity contribution in [3.8, 4) is 11.4 Å². The molecule has 3 aromatic carbocycles. The van der Waals surface area contributed by atoms with E-state index in [4.69, 9.17) is 4.74 Å². The highest BCUT2D eigenvalue weighted by atomic mass is 19.4. The molecule has 11 heteroatoms. The molecule has 0 atom stereocenters. The number of para-hydroxylation sites is 1. The summed E-state index contributed by atoms with van der Waals surface area (Å²) in [7, 11) is 0. The lowest BCUT2D eigenvalue weighted by Gasteiger charge is -2.31. The Morgan fingerprint density at radius 3 is 2.45 bits per heavy atom. The van der Waals surface area contributed by atoms with Crippen LogP contribution in [0, 0.1) is 0 Å². The molecule has 0 radical (unpaired) electrons. The molecule has 0 saturated carbocycles. The van der Waals surface area contributed by atoms with Gasteiger partial charge in [0, 0.05) is 41.7 Å². The van der Waals surface area contributed by atoms with Gasteiger partial charge in [-0.2, -0.15) is 18.3 Å². The molecule has 0 aliphatic carbocycles. The number of halogens is 3. The van der Waals surface area contributed by atoms with Crippen LogP contribution in [-0.2, 0) is 17.5 Å². The first-order valence-electron chi connectivity index (χ1n) is 13.6. The van der Waals surface area contributed by atoms with Gasteiger partial charge in [-0.15, -0.1) is 0 Å². The van der Waals surface area contributed by atoms with E-state index in [9.17, 15) is 18.0 Å². The zero-order chi connectivity index (χ0) is 29.1. The monoisotopic (exact) mass is 572 g/mol. The molecule has 3 heterocycles. The number of carbonyl (C=O) groups excluding carboxylic acids is 1. The number of rotatable bonds is 6. The summed E-state index contributed by atoms with van der Waals surface area (Å²) in [6.45, 7) is 1.05. The second kappa shape index (κ2) is 11.5. The Bertz CT molecular complexity index is 1700.